The second-order valence-electron chi connectivity index (χ2n) is 5.48. The maximum absolute atomic E-state index is 12.2. The van der Waals surface area contributed by atoms with Gasteiger partial charge in [0, 0.05) is 19.1 Å². The lowest BCUT2D eigenvalue weighted by Gasteiger charge is -2.32. The maximum atomic E-state index is 12.2. The van der Waals surface area contributed by atoms with Crippen molar-refractivity contribution in [3.63, 3.8) is 0 Å². The van der Waals surface area contributed by atoms with E-state index in [1.54, 1.807) is 0 Å². The van der Waals surface area contributed by atoms with Crippen LogP contribution in [0.1, 0.15) is 33.1 Å². The Morgan fingerprint density at radius 1 is 1.31 bits per heavy atom. The zero-order valence-corrected chi connectivity index (χ0v) is 11.2. The molecular weight excluding hydrogens is 224 g/mol. The van der Waals surface area contributed by atoms with Crippen molar-refractivity contribution in [2.75, 3.05) is 7.05 Å². The van der Waals surface area contributed by atoms with Crippen LogP contribution in [0.2, 0.25) is 0 Å². The Bertz CT molecular complexity index is 268. The van der Waals surface area contributed by atoms with Gasteiger partial charge >= 0.3 is 0 Å². The molecule has 2 rings (SSSR count). The van der Waals surface area contributed by atoms with Gasteiger partial charge in [-0.15, -0.1) is 12.4 Å². The molecule has 4 atom stereocenters. The van der Waals surface area contributed by atoms with E-state index in [2.05, 4.69) is 13.8 Å². The average Bonchev–Trinajstić information content (AvgIpc) is 2.75. The minimum absolute atomic E-state index is 0. The van der Waals surface area contributed by atoms with Gasteiger partial charge in [-0.05, 0) is 44.9 Å². The number of nitrogens with zero attached hydrogens (tertiary/aromatic N) is 1. The fourth-order valence-electron chi connectivity index (χ4n) is 3.19. The third-order valence-electron chi connectivity index (χ3n) is 4.39. The van der Waals surface area contributed by atoms with Gasteiger partial charge in [-0.3, -0.25) is 4.79 Å². The standard InChI is InChI=1S/C12H22N2O.ClH/c1-7(2)14(3)12(15)10-8-4-5-9(6-8)11(10)13;/h7-11H,4-6,13H2,1-3H3;1H. The minimum Gasteiger partial charge on any atom is -0.343 e. The summed E-state index contributed by atoms with van der Waals surface area (Å²) in [5.41, 5.74) is 6.16. The number of hydrogen-bond acceptors (Lipinski definition) is 2. The molecule has 1 amide bonds. The van der Waals surface area contributed by atoms with Crippen molar-refractivity contribution >= 4 is 18.3 Å². The second-order valence-corrected chi connectivity index (χ2v) is 5.48. The van der Waals surface area contributed by atoms with E-state index < -0.39 is 0 Å². The molecule has 2 fully saturated rings. The van der Waals surface area contributed by atoms with Gasteiger partial charge in [0.2, 0.25) is 5.91 Å². The molecule has 0 heterocycles. The maximum Gasteiger partial charge on any atom is 0.227 e. The van der Waals surface area contributed by atoms with Crippen LogP contribution in [0, 0.1) is 17.8 Å². The van der Waals surface area contributed by atoms with Crippen molar-refractivity contribution in [3.8, 4) is 0 Å². The number of rotatable bonds is 2. The number of nitrogens with two attached hydrogens (primary N) is 1. The fraction of sp³-hybridized carbons (Fsp3) is 0.917. The Balaban J connectivity index is 0.00000128. The van der Waals surface area contributed by atoms with Crippen LogP contribution in [-0.2, 0) is 4.79 Å². The van der Waals surface area contributed by atoms with Crippen LogP contribution in [0.5, 0.6) is 0 Å². The summed E-state index contributed by atoms with van der Waals surface area (Å²) in [7, 11) is 1.89. The summed E-state index contributed by atoms with van der Waals surface area (Å²) in [6.07, 6.45) is 3.63. The van der Waals surface area contributed by atoms with Gasteiger partial charge in [-0.2, -0.15) is 0 Å². The van der Waals surface area contributed by atoms with Gasteiger partial charge < -0.3 is 10.6 Å². The molecule has 16 heavy (non-hydrogen) atoms. The first-order chi connectivity index (χ1) is 7.02. The van der Waals surface area contributed by atoms with Gasteiger partial charge in [0.1, 0.15) is 0 Å². The van der Waals surface area contributed by atoms with Crippen LogP contribution in [0.25, 0.3) is 0 Å². The molecule has 0 spiro atoms. The lowest BCUT2D eigenvalue weighted by Crippen LogP contribution is -2.47. The van der Waals surface area contributed by atoms with Crippen molar-refractivity contribution in [2.45, 2.75) is 45.2 Å². The molecule has 2 N–H and O–H groups in total. The van der Waals surface area contributed by atoms with E-state index >= 15 is 0 Å². The molecular formula is C12H23ClN2O. The largest absolute Gasteiger partial charge is 0.343 e. The van der Waals surface area contributed by atoms with Crippen LogP contribution in [-0.4, -0.2) is 29.9 Å². The molecule has 0 aromatic rings. The summed E-state index contributed by atoms with van der Waals surface area (Å²) >= 11 is 0. The lowest BCUT2D eigenvalue weighted by atomic mass is 9.84. The van der Waals surface area contributed by atoms with Gasteiger partial charge in [0.05, 0.1) is 5.92 Å². The lowest BCUT2D eigenvalue weighted by molar-refractivity contribution is -0.137. The molecule has 0 saturated heterocycles. The SMILES string of the molecule is CC(C)N(C)C(=O)C1C2CCC(C2)C1N.Cl. The Hall–Kier alpha value is -0.280. The summed E-state index contributed by atoms with van der Waals surface area (Å²) in [5, 5.41) is 0. The highest BCUT2D eigenvalue weighted by atomic mass is 35.5. The monoisotopic (exact) mass is 246 g/mol. The summed E-state index contributed by atoms with van der Waals surface area (Å²) in [6, 6.07) is 0.404. The van der Waals surface area contributed by atoms with Crippen molar-refractivity contribution in [3.05, 3.63) is 0 Å². The van der Waals surface area contributed by atoms with E-state index in [4.69, 9.17) is 5.73 Å². The topological polar surface area (TPSA) is 46.3 Å². The Morgan fingerprint density at radius 2 is 1.88 bits per heavy atom. The van der Waals surface area contributed by atoms with E-state index in [1.165, 1.54) is 19.3 Å². The van der Waals surface area contributed by atoms with Crippen molar-refractivity contribution in [1.82, 2.24) is 4.90 Å². The predicted octanol–water partition coefficient (Wildman–Crippen LogP) is 1.65. The third-order valence-corrected chi connectivity index (χ3v) is 4.39. The highest BCUT2D eigenvalue weighted by Gasteiger charge is 2.49. The van der Waals surface area contributed by atoms with Crippen LogP contribution in [0.4, 0.5) is 0 Å². The molecule has 4 heteroatoms. The second kappa shape index (κ2) is 4.92. The van der Waals surface area contributed by atoms with Gasteiger partial charge in [0.25, 0.3) is 0 Å². The van der Waals surface area contributed by atoms with Crippen molar-refractivity contribution in [1.29, 1.82) is 0 Å². The van der Waals surface area contributed by atoms with Gasteiger partial charge in [0.15, 0.2) is 0 Å². The quantitative estimate of drug-likeness (QED) is 0.806. The molecule has 4 unspecified atom stereocenters. The summed E-state index contributed by atoms with van der Waals surface area (Å²) in [5.74, 6) is 1.56. The molecule has 2 aliphatic rings. The van der Waals surface area contributed by atoms with E-state index in [1.807, 2.05) is 11.9 Å². The highest BCUT2D eigenvalue weighted by molar-refractivity contribution is 5.85. The molecule has 2 bridgehead atoms. The van der Waals surface area contributed by atoms with E-state index in [-0.39, 0.29) is 36.3 Å². The first-order valence-corrected chi connectivity index (χ1v) is 6.04. The minimum atomic E-state index is 0. The van der Waals surface area contributed by atoms with Crippen LogP contribution >= 0.6 is 12.4 Å². The summed E-state index contributed by atoms with van der Waals surface area (Å²) in [4.78, 5) is 14.1. The molecule has 3 nitrogen and oxygen atoms in total. The van der Waals surface area contributed by atoms with Crippen LogP contribution in [0.15, 0.2) is 0 Å². The van der Waals surface area contributed by atoms with Crippen LogP contribution in [0.3, 0.4) is 0 Å². The van der Waals surface area contributed by atoms with Gasteiger partial charge in [-0.1, -0.05) is 0 Å². The highest BCUT2D eigenvalue weighted by Crippen LogP contribution is 2.48. The summed E-state index contributed by atoms with van der Waals surface area (Å²) < 4.78 is 0. The number of hydrogen-bond donors (Lipinski definition) is 1. The number of fused-ring (bicyclic) bond motifs is 2. The number of carbonyl (C=O) groups excluding carboxylic acids is 1. The Morgan fingerprint density at radius 3 is 2.31 bits per heavy atom. The van der Waals surface area contributed by atoms with E-state index in [0.29, 0.717) is 11.8 Å². The first kappa shape index (κ1) is 13.8. The average molecular weight is 247 g/mol. The zero-order chi connectivity index (χ0) is 11.2. The Labute approximate surface area is 104 Å². The van der Waals surface area contributed by atoms with Crippen molar-refractivity contribution in [2.24, 2.45) is 23.5 Å². The van der Waals surface area contributed by atoms with Crippen molar-refractivity contribution < 1.29 is 4.79 Å². The summed E-state index contributed by atoms with van der Waals surface area (Å²) in [6.45, 7) is 4.10. The molecule has 2 saturated carbocycles. The zero-order valence-electron chi connectivity index (χ0n) is 10.3. The molecule has 0 radical (unpaired) electrons. The molecule has 94 valence electrons. The molecule has 0 aliphatic heterocycles. The first-order valence-electron chi connectivity index (χ1n) is 6.04. The molecule has 0 aromatic carbocycles. The normalized spacial score (nSPS) is 36.3. The van der Waals surface area contributed by atoms with E-state index in [0.717, 1.165) is 0 Å². The molecule has 0 aromatic heterocycles. The number of amides is 1. The smallest absolute Gasteiger partial charge is 0.227 e. The van der Waals surface area contributed by atoms with Crippen LogP contribution < -0.4 is 5.73 Å². The molecule has 2 aliphatic carbocycles. The number of halogens is 1. The third kappa shape index (κ3) is 2.07. The van der Waals surface area contributed by atoms with Gasteiger partial charge in [-0.25, -0.2) is 0 Å². The number of carbonyl (C=O) groups is 1. The Kier molecular flexibility index (Phi) is 4.24. The predicted molar refractivity (Wildman–Crippen MR) is 67.5 cm³/mol. The van der Waals surface area contributed by atoms with E-state index in [9.17, 15) is 4.79 Å². The fourth-order valence-corrected chi connectivity index (χ4v) is 3.19.